The van der Waals surface area contributed by atoms with Gasteiger partial charge in [0.2, 0.25) is 10.0 Å². The van der Waals surface area contributed by atoms with Crippen molar-refractivity contribution in [1.82, 2.24) is 14.5 Å². The molecule has 0 saturated carbocycles. The predicted molar refractivity (Wildman–Crippen MR) is 134 cm³/mol. The Hall–Kier alpha value is -3.00. The normalized spacial score (nSPS) is 22.1. The SMILES string of the molecule is CN(C)C(=O)c1cccc(-c2ccc(C3[C@@H]4CN(S(=O)(=O)Cc5ccccc5)C[C@H]3N4)cc2)c1. The first-order valence-corrected chi connectivity index (χ1v) is 13.1. The summed E-state index contributed by atoms with van der Waals surface area (Å²) in [6.45, 7) is 0.986. The number of rotatable bonds is 6. The van der Waals surface area contributed by atoms with Gasteiger partial charge in [0.25, 0.3) is 5.91 Å². The van der Waals surface area contributed by atoms with E-state index in [-0.39, 0.29) is 23.7 Å². The first kappa shape index (κ1) is 22.8. The zero-order valence-electron chi connectivity index (χ0n) is 19.4. The predicted octanol–water partition coefficient (Wildman–Crippen LogP) is 3.33. The maximum Gasteiger partial charge on any atom is 0.253 e. The number of fused-ring (bicyclic) bond motifs is 2. The third-order valence-electron chi connectivity index (χ3n) is 6.83. The molecule has 0 aromatic heterocycles. The molecule has 3 aromatic rings. The summed E-state index contributed by atoms with van der Waals surface area (Å²) in [6, 6.07) is 25.7. The zero-order valence-corrected chi connectivity index (χ0v) is 20.2. The monoisotopic (exact) mass is 475 g/mol. The number of sulfonamides is 1. The summed E-state index contributed by atoms with van der Waals surface area (Å²) in [7, 11) is 0.160. The Morgan fingerprint density at radius 2 is 1.59 bits per heavy atom. The molecule has 7 heteroatoms. The van der Waals surface area contributed by atoms with Crippen LogP contribution in [0.5, 0.6) is 0 Å². The first-order chi connectivity index (χ1) is 16.3. The highest BCUT2D eigenvalue weighted by molar-refractivity contribution is 7.88. The summed E-state index contributed by atoms with van der Waals surface area (Å²) >= 11 is 0. The maximum atomic E-state index is 13.0. The molecule has 1 N–H and O–H groups in total. The van der Waals surface area contributed by atoms with E-state index >= 15 is 0 Å². The van der Waals surface area contributed by atoms with Gasteiger partial charge in [0.15, 0.2) is 0 Å². The van der Waals surface area contributed by atoms with Crippen LogP contribution < -0.4 is 5.32 Å². The third kappa shape index (κ3) is 4.39. The van der Waals surface area contributed by atoms with E-state index in [2.05, 4.69) is 29.6 Å². The molecule has 3 saturated heterocycles. The van der Waals surface area contributed by atoms with E-state index in [0.717, 1.165) is 16.7 Å². The van der Waals surface area contributed by atoms with Crippen molar-refractivity contribution in [2.75, 3.05) is 27.2 Å². The first-order valence-electron chi connectivity index (χ1n) is 11.5. The average Bonchev–Trinajstić information content (AvgIpc) is 2.84. The molecule has 3 aliphatic heterocycles. The van der Waals surface area contributed by atoms with Gasteiger partial charge in [-0.2, -0.15) is 4.31 Å². The van der Waals surface area contributed by atoms with Gasteiger partial charge in [0.1, 0.15) is 0 Å². The quantitative estimate of drug-likeness (QED) is 0.594. The molecule has 0 aliphatic carbocycles. The van der Waals surface area contributed by atoms with Crippen LogP contribution in [0.25, 0.3) is 11.1 Å². The molecule has 34 heavy (non-hydrogen) atoms. The topological polar surface area (TPSA) is 69.7 Å². The van der Waals surface area contributed by atoms with Gasteiger partial charge in [-0.3, -0.25) is 4.79 Å². The van der Waals surface area contributed by atoms with Crippen LogP contribution in [0.1, 0.15) is 27.4 Å². The summed E-state index contributed by atoms with van der Waals surface area (Å²) in [4.78, 5) is 13.9. The summed E-state index contributed by atoms with van der Waals surface area (Å²) in [5, 5.41) is 3.52. The van der Waals surface area contributed by atoms with E-state index in [0.29, 0.717) is 24.6 Å². The van der Waals surface area contributed by atoms with Crippen LogP contribution in [-0.2, 0) is 15.8 Å². The number of nitrogens with one attached hydrogen (secondary N) is 1. The van der Waals surface area contributed by atoms with Gasteiger partial charge in [-0.1, -0.05) is 66.7 Å². The van der Waals surface area contributed by atoms with Crippen LogP contribution in [0.2, 0.25) is 0 Å². The summed E-state index contributed by atoms with van der Waals surface area (Å²) < 4.78 is 27.6. The van der Waals surface area contributed by atoms with Crippen molar-refractivity contribution in [3.63, 3.8) is 0 Å². The molecular formula is C27H29N3O3S. The third-order valence-corrected chi connectivity index (χ3v) is 8.61. The second kappa shape index (κ2) is 8.98. The Labute approximate surface area is 201 Å². The maximum absolute atomic E-state index is 13.0. The summed E-state index contributed by atoms with van der Waals surface area (Å²) in [5.74, 6) is 0.333. The van der Waals surface area contributed by atoms with Crippen molar-refractivity contribution >= 4 is 15.9 Å². The molecule has 0 radical (unpaired) electrons. The van der Waals surface area contributed by atoms with Gasteiger partial charge in [0.05, 0.1) is 5.75 Å². The molecule has 3 heterocycles. The number of amides is 1. The Morgan fingerprint density at radius 3 is 2.24 bits per heavy atom. The van der Waals surface area contributed by atoms with Crippen LogP contribution in [-0.4, -0.2) is 62.8 Å². The molecule has 2 bridgehead atoms. The molecular weight excluding hydrogens is 446 g/mol. The average molecular weight is 476 g/mol. The highest BCUT2D eigenvalue weighted by Gasteiger charge is 2.49. The highest BCUT2D eigenvalue weighted by atomic mass is 32.2. The smallest absolute Gasteiger partial charge is 0.253 e. The minimum absolute atomic E-state index is 0.0152. The molecule has 1 unspecified atom stereocenters. The fourth-order valence-corrected chi connectivity index (χ4v) is 6.62. The second-order valence-electron chi connectivity index (χ2n) is 9.37. The fourth-order valence-electron chi connectivity index (χ4n) is 5.05. The van der Waals surface area contributed by atoms with Crippen molar-refractivity contribution in [2.24, 2.45) is 0 Å². The standard InChI is InChI=1S/C27H29N3O3S/c1-29(2)27(31)23-10-6-9-22(15-23)20-11-13-21(14-12-20)26-24-16-30(17-25(26)28-24)34(32,33)18-19-7-4-3-5-8-19/h3-15,24-26,28H,16-18H2,1-2H3/t24-,25+,26?. The zero-order chi connectivity index (χ0) is 23.9. The minimum Gasteiger partial charge on any atom is -0.345 e. The Balaban J connectivity index is 1.27. The van der Waals surface area contributed by atoms with Crippen LogP contribution in [0, 0.1) is 0 Å². The summed E-state index contributed by atoms with van der Waals surface area (Å²) in [5.41, 5.74) is 4.77. The van der Waals surface area contributed by atoms with Crippen molar-refractivity contribution in [3.05, 3.63) is 95.6 Å². The van der Waals surface area contributed by atoms with E-state index < -0.39 is 10.0 Å². The molecule has 0 spiro atoms. The van der Waals surface area contributed by atoms with Gasteiger partial charge in [-0.05, 0) is 34.4 Å². The number of hydrogen-bond donors (Lipinski definition) is 1. The van der Waals surface area contributed by atoms with Gasteiger partial charge < -0.3 is 10.2 Å². The van der Waals surface area contributed by atoms with Gasteiger partial charge in [0, 0.05) is 50.7 Å². The Morgan fingerprint density at radius 1 is 0.912 bits per heavy atom. The van der Waals surface area contributed by atoms with Gasteiger partial charge in [-0.25, -0.2) is 8.42 Å². The molecule has 6 rings (SSSR count). The van der Waals surface area contributed by atoms with E-state index in [4.69, 9.17) is 0 Å². The fraction of sp³-hybridized carbons (Fsp3) is 0.296. The van der Waals surface area contributed by atoms with Crippen molar-refractivity contribution in [3.8, 4) is 11.1 Å². The lowest BCUT2D eigenvalue weighted by atomic mass is 9.75. The highest BCUT2D eigenvalue weighted by Crippen LogP contribution is 2.38. The molecule has 3 aliphatic rings. The second-order valence-corrected chi connectivity index (χ2v) is 11.3. The number of benzene rings is 3. The lowest BCUT2D eigenvalue weighted by Gasteiger charge is -2.54. The van der Waals surface area contributed by atoms with Crippen LogP contribution in [0.4, 0.5) is 0 Å². The van der Waals surface area contributed by atoms with Crippen LogP contribution in [0.15, 0.2) is 78.9 Å². The van der Waals surface area contributed by atoms with E-state index in [1.54, 1.807) is 23.3 Å². The molecule has 6 nitrogen and oxygen atoms in total. The Bertz CT molecular complexity index is 1280. The van der Waals surface area contributed by atoms with Crippen LogP contribution >= 0.6 is 0 Å². The van der Waals surface area contributed by atoms with E-state index in [1.165, 1.54) is 5.56 Å². The number of nitrogens with zero attached hydrogens (tertiary/aromatic N) is 2. The lowest BCUT2D eigenvalue weighted by molar-refractivity contribution is 0.0827. The molecule has 3 atom stereocenters. The number of hydrogen-bond acceptors (Lipinski definition) is 4. The van der Waals surface area contributed by atoms with Gasteiger partial charge >= 0.3 is 0 Å². The number of carbonyl (C=O) groups is 1. The molecule has 1 amide bonds. The summed E-state index contributed by atoms with van der Waals surface area (Å²) in [6.07, 6.45) is 0. The molecule has 3 fully saturated rings. The number of piperidine rings is 1. The van der Waals surface area contributed by atoms with Crippen molar-refractivity contribution in [2.45, 2.75) is 23.8 Å². The molecule has 176 valence electrons. The van der Waals surface area contributed by atoms with Gasteiger partial charge in [-0.15, -0.1) is 0 Å². The molecule has 3 aromatic carbocycles. The number of carbonyl (C=O) groups excluding carboxylic acids is 1. The van der Waals surface area contributed by atoms with Crippen molar-refractivity contribution in [1.29, 1.82) is 0 Å². The van der Waals surface area contributed by atoms with E-state index in [9.17, 15) is 13.2 Å². The Kier molecular flexibility index (Phi) is 6.02. The van der Waals surface area contributed by atoms with E-state index in [1.807, 2.05) is 54.6 Å². The lowest BCUT2D eigenvalue weighted by Crippen LogP contribution is -2.72. The number of piperazine rings is 1. The van der Waals surface area contributed by atoms with Crippen molar-refractivity contribution < 1.29 is 13.2 Å². The van der Waals surface area contributed by atoms with Crippen LogP contribution in [0.3, 0.4) is 0 Å². The largest absolute Gasteiger partial charge is 0.345 e. The minimum atomic E-state index is -3.34.